The van der Waals surface area contributed by atoms with Gasteiger partial charge >= 0.3 is 0 Å². The minimum atomic E-state index is -0.220. The van der Waals surface area contributed by atoms with E-state index in [4.69, 9.17) is 11.6 Å². The van der Waals surface area contributed by atoms with E-state index in [1.165, 1.54) is 6.08 Å². The summed E-state index contributed by atoms with van der Waals surface area (Å²) in [5, 5.41) is 8.23. The highest BCUT2D eigenvalue weighted by Gasteiger charge is 2.20. The third-order valence-electron chi connectivity index (χ3n) is 5.86. The number of halogens is 1. The van der Waals surface area contributed by atoms with Gasteiger partial charge in [0.15, 0.2) is 0 Å². The maximum absolute atomic E-state index is 12.6. The maximum atomic E-state index is 12.6. The van der Waals surface area contributed by atoms with Gasteiger partial charge in [0.1, 0.15) is 0 Å². The van der Waals surface area contributed by atoms with Crippen LogP contribution in [-0.4, -0.2) is 33.0 Å². The van der Waals surface area contributed by atoms with Gasteiger partial charge in [0.05, 0.1) is 12.2 Å². The van der Waals surface area contributed by atoms with Crippen LogP contribution >= 0.6 is 11.6 Å². The van der Waals surface area contributed by atoms with Gasteiger partial charge in [0.2, 0.25) is 11.8 Å². The summed E-state index contributed by atoms with van der Waals surface area (Å²) < 4.78 is 1.90. The Labute approximate surface area is 198 Å². The van der Waals surface area contributed by atoms with E-state index in [2.05, 4.69) is 10.4 Å². The number of rotatable bonds is 7. The molecule has 0 bridgehead atoms. The first kappa shape index (κ1) is 22.8. The Morgan fingerprint density at radius 1 is 1.15 bits per heavy atom. The van der Waals surface area contributed by atoms with Crippen molar-refractivity contribution in [2.75, 3.05) is 11.9 Å². The van der Waals surface area contributed by atoms with Crippen LogP contribution in [0.4, 0.5) is 5.69 Å². The zero-order valence-corrected chi connectivity index (χ0v) is 19.6. The number of aromatic nitrogens is 2. The van der Waals surface area contributed by atoms with Gasteiger partial charge in [0, 0.05) is 47.6 Å². The van der Waals surface area contributed by atoms with Crippen molar-refractivity contribution in [3.05, 3.63) is 87.7 Å². The quantitative estimate of drug-likeness (QED) is 0.504. The summed E-state index contributed by atoms with van der Waals surface area (Å²) >= 11 is 6.29. The number of nitrogens with one attached hydrogen (secondary N) is 1. The molecule has 33 heavy (non-hydrogen) atoms. The Morgan fingerprint density at radius 3 is 2.73 bits per heavy atom. The van der Waals surface area contributed by atoms with Crippen LogP contribution < -0.4 is 5.32 Å². The van der Waals surface area contributed by atoms with E-state index in [0.717, 1.165) is 41.0 Å². The topological polar surface area (TPSA) is 67.2 Å². The molecule has 1 aromatic heterocycles. The van der Waals surface area contributed by atoms with Gasteiger partial charge in [-0.15, -0.1) is 0 Å². The Morgan fingerprint density at radius 2 is 1.97 bits per heavy atom. The van der Waals surface area contributed by atoms with E-state index >= 15 is 0 Å². The highest BCUT2D eigenvalue weighted by molar-refractivity contribution is 6.31. The number of amides is 2. The normalized spacial score (nSPS) is 13.8. The summed E-state index contributed by atoms with van der Waals surface area (Å²) in [6, 6.07) is 15.3. The van der Waals surface area contributed by atoms with Crippen LogP contribution in [0.3, 0.4) is 0 Å². The summed E-state index contributed by atoms with van der Waals surface area (Å²) in [4.78, 5) is 26.3. The summed E-state index contributed by atoms with van der Waals surface area (Å²) in [5.41, 5.74) is 5.43. The minimum Gasteiger partial charge on any atom is -0.338 e. The molecule has 0 atom stereocenters. The summed E-state index contributed by atoms with van der Waals surface area (Å²) in [7, 11) is 0. The number of likely N-dealkylation sites (tertiary alicyclic amines) is 1. The molecule has 0 aliphatic carbocycles. The van der Waals surface area contributed by atoms with E-state index in [-0.39, 0.29) is 11.8 Å². The largest absolute Gasteiger partial charge is 0.338 e. The van der Waals surface area contributed by atoms with Crippen LogP contribution in [0.5, 0.6) is 0 Å². The van der Waals surface area contributed by atoms with Crippen LogP contribution in [0.2, 0.25) is 5.02 Å². The second kappa shape index (κ2) is 10.0. The average Bonchev–Trinajstić information content (AvgIpc) is 3.30. The molecule has 1 aliphatic heterocycles. The van der Waals surface area contributed by atoms with Crippen molar-refractivity contribution in [1.29, 1.82) is 0 Å². The van der Waals surface area contributed by atoms with Crippen molar-refractivity contribution in [2.24, 2.45) is 0 Å². The standard InChI is InChI=1S/C26H27ClN4O2/c1-18-23(19(2)31(29-18)17-21-8-3-4-10-24(21)27)12-13-25(32)28-22-9-5-7-20(15-22)16-30-14-6-11-26(30)33/h3-5,7-10,12-13,15H,6,11,14,16-17H2,1-2H3,(H,28,32)/b13-12+. The monoisotopic (exact) mass is 462 g/mol. The second-order valence-corrected chi connectivity index (χ2v) is 8.68. The number of benzene rings is 2. The number of carbonyl (C=O) groups is 2. The number of aryl methyl sites for hydroxylation is 1. The van der Waals surface area contributed by atoms with Crippen LogP contribution in [0.25, 0.3) is 6.08 Å². The Hall–Kier alpha value is -3.38. The molecule has 2 amide bonds. The maximum Gasteiger partial charge on any atom is 0.248 e. The van der Waals surface area contributed by atoms with Gasteiger partial charge in [-0.2, -0.15) is 5.10 Å². The Bertz CT molecular complexity index is 1210. The first-order valence-electron chi connectivity index (χ1n) is 11.0. The lowest BCUT2D eigenvalue weighted by Gasteiger charge is -2.16. The number of hydrogen-bond acceptors (Lipinski definition) is 3. The summed E-state index contributed by atoms with van der Waals surface area (Å²) in [6.45, 7) is 5.84. The third kappa shape index (κ3) is 5.52. The second-order valence-electron chi connectivity index (χ2n) is 8.28. The first-order chi connectivity index (χ1) is 15.9. The summed E-state index contributed by atoms with van der Waals surface area (Å²) in [5.74, 6) is -0.0322. The molecular weight excluding hydrogens is 436 g/mol. The predicted molar refractivity (Wildman–Crippen MR) is 131 cm³/mol. The van der Waals surface area contributed by atoms with E-state index in [0.29, 0.717) is 30.2 Å². The zero-order valence-electron chi connectivity index (χ0n) is 18.8. The molecule has 2 aromatic carbocycles. The van der Waals surface area contributed by atoms with Gasteiger partial charge in [-0.25, -0.2) is 0 Å². The molecule has 2 heterocycles. The van der Waals surface area contributed by atoms with Gasteiger partial charge in [-0.1, -0.05) is 41.9 Å². The van der Waals surface area contributed by atoms with Crippen LogP contribution in [0, 0.1) is 13.8 Å². The van der Waals surface area contributed by atoms with Crippen LogP contribution in [0.15, 0.2) is 54.6 Å². The highest BCUT2D eigenvalue weighted by atomic mass is 35.5. The third-order valence-corrected chi connectivity index (χ3v) is 6.22. The Kier molecular flexibility index (Phi) is 6.94. The van der Waals surface area contributed by atoms with E-state index in [9.17, 15) is 9.59 Å². The first-order valence-corrected chi connectivity index (χ1v) is 11.4. The number of hydrogen-bond donors (Lipinski definition) is 1. The lowest BCUT2D eigenvalue weighted by atomic mass is 10.1. The summed E-state index contributed by atoms with van der Waals surface area (Å²) in [6.07, 6.45) is 4.85. The van der Waals surface area contributed by atoms with Crippen molar-refractivity contribution in [3.63, 3.8) is 0 Å². The molecule has 170 valence electrons. The molecular formula is C26H27ClN4O2. The molecule has 0 radical (unpaired) electrons. The van der Waals surface area contributed by atoms with Crippen molar-refractivity contribution in [2.45, 2.75) is 39.8 Å². The fraction of sp³-hybridized carbons (Fsp3) is 0.269. The van der Waals surface area contributed by atoms with E-state index in [1.54, 1.807) is 6.08 Å². The fourth-order valence-electron chi connectivity index (χ4n) is 4.08. The lowest BCUT2D eigenvalue weighted by molar-refractivity contribution is -0.128. The average molecular weight is 463 g/mol. The van der Waals surface area contributed by atoms with Gasteiger partial charge < -0.3 is 10.2 Å². The molecule has 1 N–H and O–H groups in total. The van der Waals surface area contributed by atoms with Gasteiger partial charge in [0.25, 0.3) is 0 Å². The Balaban J connectivity index is 1.42. The fourth-order valence-corrected chi connectivity index (χ4v) is 4.27. The minimum absolute atomic E-state index is 0.188. The molecule has 1 aliphatic rings. The number of carbonyl (C=O) groups excluding carboxylic acids is 2. The van der Waals surface area contributed by atoms with Crippen molar-refractivity contribution in [3.8, 4) is 0 Å². The van der Waals surface area contributed by atoms with E-state index in [1.807, 2.05) is 72.0 Å². The SMILES string of the molecule is Cc1nn(Cc2ccccc2Cl)c(C)c1/C=C/C(=O)Nc1cccc(CN2CCCC2=O)c1. The molecule has 6 nitrogen and oxygen atoms in total. The molecule has 0 spiro atoms. The molecule has 3 aromatic rings. The molecule has 0 saturated carbocycles. The van der Waals surface area contributed by atoms with Crippen molar-refractivity contribution >= 4 is 35.2 Å². The van der Waals surface area contributed by atoms with Gasteiger partial charge in [-0.3, -0.25) is 14.3 Å². The molecule has 7 heteroatoms. The van der Waals surface area contributed by atoms with Crippen LogP contribution in [0.1, 0.15) is 40.9 Å². The molecule has 0 unspecified atom stereocenters. The highest BCUT2D eigenvalue weighted by Crippen LogP contribution is 2.21. The van der Waals surface area contributed by atoms with E-state index < -0.39 is 0 Å². The lowest BCUT2D eigenvalue weighted by Crippen LogP contribution is -2.23. The molecule has 1 fully saturated rings. The smallest absolute Gasteiger partial charge is 0.248 e. The van der Waals surface area contributed by atoms with Crippen molar-refractivity contribution < 1.29 is 9.59 Å². The number of anilines is 1. The predicted octanol–water partition coefficient (Wildman–Crippen LogP) is 4.98. The number of nitrogens with zero attached hydrogens (tertiary/aromatic N) is 3. The molecule has 4 rings (SSSR count). The van der Waals surface area contributed by atoms with Gasteiger partial charge in [-0.05, 0) is 55.7 Å². The molecule has 1 saturated heterocycles. The van der Waals surface area contributed by atoms with Crippen molar-refractivity contribution in [1.82, 2.24) is 14.7 Å². The zero-order chi connectivity index (χ0) is 23.4. The van der Waals surface area contributed by atoms with Crippen LogP contribution in [-0.2, 0) is 22.7 Å².